The smallest absolute Gasteiger partial charge is 0.203 e. The summed E-state index contributed by atoms with van der Waals surface area (Å²) in [5.41, 5.74) is 3.67. The number of imidazole rings is 1. The highest BCUT2D eigenvalue weighted by Gasteiger charge is 2.11. The Morgan fingerprint density at radius 1 is 0.828 bits per heavy atom. The van der Waals surface area contributed by atoms with Crippen LogP contribution in [0.25, 0.3) is 11.0 Å². The van der Waals surface area contributed by atoms with Crippen molar-refractivity contribution in [3.63, 3.8) is 0 Å². The minimum absolute atomic E-state index is 0.448. The molecule has 0 aliphatic rings. The van der Waals surface area contributed by atoms with Crippen LogP contribution in [0, 0.1) is 5.41 Å². The van der Waals surface area contributed by atoms with Crippen LogP contribution in [0.5, 0.6) is 11.5 Å². The highest BCUT2D eigenvalue weighted by molar-refractivity contribution is 9.10. The molecule has 0 saturated carbocycles. The van der Waals surface area contributed by atoms with Gasteiger partial charge in [-0.3, -0.25) is 5.41 Å². The summed E-state index contributed by atoms with van der Waals surface area (Å²) in [5, 5.41) is 8.76. The first-order valence-corrected chi connectivity index (χ1v) is 10.2. The largest absolute Gasteiger partial charge is 0.493 e. The number of nitrogens with one attached hydrogen (secondary N) is 1. The van der Waals surface area contributed by atoms with Gasteiger partial charge in [0.1, 0.15) is 6.61 Å². The maximum Gasteiger partial charge on any atom is 0.203 e. The summed E-state index contributed by atoms with van der Waals surface area (Å²) < 4.78 is 16.3. The van der Waals surface area contributed by atoms with E-state index in [4.69, 9.17) is 14.9 Å². The molecule has 0 aliphatic heterocycles. The number of nitrogens with zero attached hydrogens (tertiary/aromatic N) is 2. The average Bonchev–Trinajstić information content (AvgIpc) is 3.01. The second kappa shape index (κ2) is 8.57. The number of rotatable bonds is 7. The third-order valence-corrected chi connectivity index (χ3v) is 5.40. The van der Waals surface area contributed by atoms with Crippen LogP contribution in [0.4, 0.5) is 0 Å². The van der Waals surface area contributed by atoms with Crippen LogP contribution in [0.3, 0.4) is 0 Å². The van der Waals surface area contributed by atoms with Crippen molar-refractivity contribution in [3.05, 3.63) is 88.5 Å². The minimum Gasteiger partial charge on any atom is -0.493 e. The van der Waals surface area contributed by atoms with Crippen molar-refractivity contribution >= 4 is 27.0 Å². The number of hydrogen-bond acceptors (Lipinski definition) is 3. The molecule has 4 aromatic rings. The molecule has 148 valence electrons. The van der Waals surface area contributed by atoms with Crippen LogP contribution in [-0.2, 0) is 13.1 Å². The molecule has 0 amide bonds. The lowest BCUT2D eigenvalue weighted by Crippen LogP contribution is -2.27. The fourth-order valence-electron chi connectivity index (χ4n) is 3.44. The highest BCUT2D eigenvalue weighted by atomic mass is 79.9. The third-order valence-electron chi connectivity index (χ3n) is 4.87. The number of aromatic nitrogens is 2. The molecule has 0 radical (unpaired) electrons. The fourth-order valence-corrected chi connectivity index (χ4v) is 3.70. The number of halogens is 1. The Balaban J connectivity index is 1.60. The van der Waals surface area contributed by atoms with E-state index in [0.29, 0.717) is 36.8 Å². The normalized spacial score (nSPS) is 11.0. The summed E-state index contributed by atoms with van der Waals surface area (Å²) in [7, 11) is 1.63. The predicted molar refractivity (Wildman–Crippen MR) is 118 cm³/mol. The second-order valence-corrected chi connectivity index (χ2v) is 7.59. The monoisotopic (exact) mass is 451 g/mol. The first-order valence-electron chi connectivity index (χ1n) is 9.40. The number of hydrogen-bond donors (Lipinski definition) is 1. The van der Waals surface area contributed by atoms with Crippen LogP contribution >= 0.6 is 15.9 Å². The standard InChI is InChI=1S/C23H22BrN3O2/c1-28-21-8-4-5-9-22(21)29-15-14-26-19-6-2-3-7-20(19)27(23(26)25)16-17-10-12-18(24)13-11-17/h2-13,25H,14-16H2,1H3. The van der Waals surface area contributed by atoms with Gasteiger partial charge in [-0.15, -0.1) is 0 Å². The quantitative estimate of drug-likeness (QED) is 0.437. The van der Waals surface area contributed by atoms with Crippen molar-refractivity contribution in [1.82, 2.24) is 9.13 Å². The lowest BCUT2D eigenvalue weighted by molar-refractivity contribution is 0.278. The van der Waals surface area contributed by atoms with Crippen molar-refractivity contribution in [3.8, 4) is 11.5 Å². The van der Waals surface area contributed by atoms with Crippen molar-refractivity contribution in [1.29, 1.82) is 5.41 Å². The summed E-state index contributed by atoms with van der Waals surface area (Å²) >= 11 is 3.48. The Labute approximate surface area is 177 Å². The molecule has 0 aliphatic carbocycles. The van der Waals surface area contributed by atoms with Gasteiger partial charge in [0, 0.05) is 4.47 Å². The lowest BCUT2D eigenvalue weighted by Gasteiger charge is -2.11. The molecule has 5 nitrogen and oxygen atoms in total. The minimum atomic E-state index is 0.448. The van der Waals surface area contributed by atoms with E-state index in [1.807, 2.05) is 57.7 Å². The van der Waals surface area contributed by atoms with E-state index in [1.54, 1.807) is 7.11 Å². The van der Waals surface area contributed by atoms with E-state index in [2.05, 4.69) is 40.2 Å². The summed E-state index contributed by atoms with van der Waals surface area (Å²) in [6.45, 7) is 1.67. The number of para-hydroxylation sites is 4. The Bertz CT molecular complexity index is 1180. The molecule has 3 aromatic carbocycles. The Morgan fingerprint density at radius 3 is 2.14 bits per heavy atom. The predicted octanol–water partition coefficient (Wildman–Crippen LogP) is 4.82. The number of benzene rings is 3. The van der Waals surface area contributed by atoms with Gasteiger partial charge in [-0.25, -0.2) is 0 Å². The second-order valence-electron chi connectivity index (χ2n) is 6.68. The molecule has 0 fully saturated rings. The van der Waals surface area contributed by atoms with Crippen LogP contribution in [0.2, 0.25) is 0 Å². The van der Waals surface area contributed by atoms with Gasteiger partial charge in [-0.2, -0.15) is 0 Å². The fraction of sp³-hybridized carbons (Fsp3) is 0.174. The molecule has 0 atom stereocenters. The van der Waals surface area contributed by atoms with Crippen molar-refractivity contribution < 1.29 is 9.47 Å². The van der Waals surface area contributed by atoms with Crippen LogP contribution < -0.4 is 15.1 Å². The highest BCUT2D eigenvalue weighted by Crippen LogP contribution is 2.25. The summed E-state index contributed by atoms with van der Waals surface area (Å²) in [6, 6.07) is 23.9. The molecule has 0 bridgehead atoms. The third kappa shape index (κ3) is 4.07. The van der Waals surface area contributed by atoms with Crippen molar-refractivity contribution in [2.24, 2.45) is 0 Å². The van der Waals surface area contributed by atoms with E-state index >= 15 is 0 Å². The molecule has 0 saturated heterocycles. The van der Waals surface area contributed by atoms with Crippen LogP contribution in [0.15, 0.2) is 77.3 Å². The van der Waals surface area contributed by atoms with Crippen molar-refractivity contribution in [2.45, 2.75) is 13.1 Å². The Hall–Kier alpha value is -2.99. The Kier molecular flexibility index (Phi) is 5.71. The van der Waals surface area contributed by atoms with Gasteiger partial charge in [0.15, 0.2) is 11.5 Å². The number of ether oxygens (including phenoxy) is 2. The molecule has 1 aromatic heterocycles. The average molecular weight is 452 g/mol. The number of methoxy groups -OCH3 is 1. The molecular weight excluding hydrogens is 430 g/mol. The first-order chi connectivity index (χ1) is 14.2. The number of fused-ring (bicyclic) bond motifs is 1. The summed E-state index contributed by atoms with van der Waals surface area (Å²) in [5.74, 6) is 1.42. The Morgan fingerprint density at radius 2 is 1.45 bits per heavy atom. The van der Waals surface area contributed by atoms with E-state index in [1.165, 1.54) is 0 Å². The molecule has 6 heteroatoms. The van der Waals surface area contributed by atoms with Crippen molar-refractivity contribution in [2.75, 3.05) is 13.7 Å². The van der Waals surface area contributed by atoms with Crippen LogP contribution in [0.1, 0.15) is 5.56 Å². The zero-order chi connectivity index (χ0) is 20.2. The lowest BCUT2D eigenvalue weighted by atomic mass is 10.2. The van der Waals surface area contributed by atoms with Crippen LogP contribution in [-0.4, -0.2) is 22.9 Å². The molecule has 1 heterocycles. The molecule has 29 heavy (non-hydrogen) atoms. The van der Waals surface area contributed by atoms with Gasteiger partial charge in [0.05, 0.1) is 31.2 Å². The van der Waals surface area contributed by atoms with E-state index < -0.39 is 0 Å². The summed E-state index contributed by atoms with van der Waals surface area (Å²) in [4.78, 5) is 0. The maximum absolute atomic E-state index is 8.76. The SMILES string of the molecule is COc1ccccc1OCCn1c(=N)n(Cc2ccc(Br)cc2)c2ccccc21. The van der Waals surface area contributed by atoms with Gasteiger partial charge >= 0.3 is 0 Å². The molecule has 1 N–H and O–H groups in total. The van der Waals surface area contributed by atoms with Gasteiger partial charge in [-0.1, -0.05) is 52.3 Å². The van der Waals surface area contributed by atoms with Gasteiger partial charge in [-0.05, 0) is 42.0 Å². The zero-order valence-electron chi connectivity index (χ0n) is 16.1. The molecular formula is C23H22BrN3O2. The first kappa shape index (κ1) is 19.3. The summed E-state index contributed by atoms with van der Waals surface area (Å²) in [6.07, 6.45) is 0. The molecule has 0 unspecified atom stereocenters. The van der Waals surface area contributed by atoms with E-state index in [0.717, 1.165) is 21.1 Å². The van der Waals surface area contributed by atoms with Gasteiger partial charge in [0.2, 0.25) is 5.62 Å². The zero-order valence-corrected chi connectivity index (χ0v) is 17.7. The maximum atomic E-state index is 8.76. The van der Waals surface area contributed by atoms with Gasteiger partial charge < -0.3 is 18.6 Å². The molecule has 0 spiro atoms. The van der Waals surface area contributed by atoms with E-state index in [-0.39, 0.29) is 0 Å². The topological polar surface area (TPSA) is 52.2 Å². The molecule has 4 rings (SSSR count). The van der Waals surface area contributed by atoms with E-state index in [9.17, 15) is 0 Å². The van der Waals surface area contributed by atoms with Gasteiger partial charge in [0.25, 0.3) is 0 Å².